The summed E-state index contributed by atoms with van der Waals surface area (Å²) in [4.78, 5) is 16.9. The summed E-state index contributed by atoms with van der Waals surface area (Å²) in [5.41, 5.74) is 4.88. The van der Waals surface area contributed by atoms with Crippen LogP contribution in [0.15, 0.2) is 48.5 Å². The molecule has 1 fully saturated rings. The van der Waals surface area contributed by atoms with Crippen LogP contribution < -0.4 is 0 Å². The Labute approximate surface area is 141 Å². The number of carbonyl (C=O) groups is 1. The molecule has 1 N–H and O–H groups in total. The SMILES string of the molecule is Cc1c(-c2ccccc2)nc2c(C3CCC3)cccc2c1C(=O)O. The van der Waals surface area contributed by atoms with Gasteiger partial charge in [-0.1, -0.05) is 55.0 Å². The number of hydrogen-bond donors (Lipinski definition) is 1. The molecule has 0 atom stereocenters. The first kappa shape index (κ1) is 14.9. The standard InChI is InChI=1S/C21H19NO2/c1-13-18(21(23)24)17-12-6-11-16(14-9-5-10-14)20(17)22-19(13)15-7-3-2-4-8-15/h2-4,6-8,11-12,14H,5,9-10H2,1H3,(H,23,24). The van der Waals surface area contributed by atoms with Crippen molar-refractivity contribution in [3.63, 3.8) is 0 Å². The lowest BCUT2D eigenvalue weighted by Crippen LogP contribution is -2.11. The van der Waals surface area contributed by atoms with Crippen LogP contribution >= 0.6 is 0 Å². The third-order valence-electron chi connectivity index (χ3n) is 5.10. The van der Waals surface area contributed by atoms with Crippen molar-refractivity contribution in [2.45, 2.75) is 32.1 Å². The van der Waals surface area contributed by atoms with Crippen molar-refractivity contribution in [3.8, 4) is 11.3 Å². The third kappa shape index (κ3) is 2.28. The number of carboxylic acid groups (broad SMARTS) is 1. The summed E-state index contributed by atoms with van der Waals surface area (Å²) in [5.74, 6) is -0.378. The van der Waals surface area contributed by atoms with Gasteiger partial charge in [-0.25, -0.2) is 9.78 Å². The number of nitrogens with zero attached hydrogens (tertiary/aromatic N) is 1. The van der Waals surface area contributed by atoms with Crippen molar-refractivity contribution >= 4 is 16.9 Å². The molecule has 1 aliphatic carbocycles. The van der Waals surface area contributed by atoms with Crippen LogP contribution in [0.1, 0.15) is 46.7 Å². The van der Waals surface area contributed by atoms with Crippen LogP contribution in [0.4, 0.5) is 0 Å². The van der Waals surface area contributed by atoms with E-state index in [1.807, 2.05) is 49.4 Å². The molecule has 0 radical (unpaired) electrons. The normalized spacial score (nSPS) is 14.5. The quantitative estimate of drug-likeness (QED) is 0.724. The van der Waals surface area contributed by atoms with E-state index >= 15 is 0 Å². The van der Waals surface area contributed by atoms with Crippen LogP contribution in [0.3, 0.4) is 0 Å². The first-order chi connectivity index (χ1) is 11.7. The molecule has 1 aromatic heterocycles. The summed E-state index contributed by atoms with van der Waals surface area (Å²) in [6.45, 7) is 1.86. The molecule has 0 bridgehead atoms. The number of rotatable bonds is 3. The fraction of sp³-hybridized carbons (Fsp3) is 0.238. The monoisotopic (exact) mass is 317 g/mol. The van der Waals surface area contributed by atoms with E-state index in [1.165, 1.54) is 12.0 Å². The van der Waals surface area contributed by atoms with Crippen LogP contribution in [0, 0.1) is 6.92 Å². The second-order valence-corrected chi connectivity index (χ2v) is 6.50. The molecule has 2 aromatic carbocycles. The molecule has 0 aliphatic heterocycles. The van der Waals surface area contributed by atoms with Crippen molar-refractivity contribution in [3.05, 3.63) is 65.2 Å². The van der Waals surface area contributed by atoms with Crippen LogP contribution in [-0.2, 0) is 0 Å². The van der Waals surface area contributed by atoms with E-state index in [9.17, 15) is 9.90 Å². The Morgan fingerprint density at radius 3 is 2.46 bits per heavy atom. The van der Waals surface area contributed by atoms with Gasteiger partial charge in [0, 0.05) is 10.9 Å². The first-order valence-corrected chi connectivity index (χ1v) is 8.38. The van der Waals surface area contributed by atoms with Crippen LogP contribution in [-0.4, -0.2) is 16.1 Å². The number of benzene rings is 2. The average molecular weight is 317 g/mol. The van der Waals surface area contributed by atoms with Crippen molar-refractivity contribution in [1.29, 1.82) is 0 Å². The summed E-state index contributed by atoms with van der Waals surface area (Å²) in [7, 11) is 0. The molecule has 0 spiro atoms. The highest BCUT2D eigenvalue weighted by Gasteiger charge is 2.25. The van der Waals surface area contributed by atoms with Crippen molar-refractivity contribution in [1.82, 2.24) is 4.98 Å². The predicted octanol–water partition coefficient (Wildman–Crippen LogP) is 5.18. The fourth-order valence-corrected chi connectivity index (χ4v) is 3.61. The maximum absolute atomic E-state index is 12.0. The minimum absolute atomic E-state index is 0.375. The van der Waals surface area contributed by atoms with Crippen molar-refractivity contribution in [2.24, 2.45) is 0 Å². The second kappa shape index (κ2) is 5.75. The lowest BCUT2D eigenvalue weighted by atomic mass is 9.78. The van der Waals surface area contributed by atoms with Gasteiger partial charge in [-0.3, -0.25) is 0 Å². The van der Waals surface area contributed by atoms with E-state index in [0.717, 1.165) is 40.6 Å². The zero-order chi connectivity index (χ0) is 16.7. The van der Waals surface area contributed by atoms with Gasteiger partial charge in [-0.05, 0) is 36.8 Å². The van der Waals surface area contributed by atoms with Crippen molar-refractivity contribution < 1.29 is 9.90 Å². The third-order valence-corrected chi connectivity index (χ3v) is 5.10. The van der Waals surface area contributed by atoms with Gasteiger partial charge >= 0.3 is 5.97 Å². The molecule has 24 heavy (non-hydrogen) atoms. The van der Waals surface area contributed by atoms with Gasteiger partial charge in [0.25, 0.3) is 0 Å². The van der Waals surface area contributed by atoms with E-state index in [-0.39, 0.29) is 0 Å². The zero-order valence-electron chi connectivity index (χ0n) is 13.6. The number of fused-ring (bicyclic) bond motifs is 1. The molecular weight excluding hydrogens is 298 g/mol. The Balaban J connectivity index is 2.07. The molecular formula is C21H19NO2. The average Bonchev–Trinajstić information content (AvgIpc) is 2.53. The topological polar surface area (TPSA) is 50.2 Å². The zero-order valence-corrected chi connectivity index (χ0v) is 13.6. The van der Waals surface area contributed by atoms with E-state index in [4.69, 9.17) is 4.98 Å². The summed E-state index contributed by atoms with van der Waals surface area (Å²) in [6, 6.07) is 15.8. The Morgan fingerprint density at radius 2 is 1.83 bits per heavy atom. The number of aromatic carboxylic acids is 1. The molecule has 3 aromatic rings. The minimum atomic E-state index is -0.886. The smallest absolute Gasteiger partial charge is 0.336 e. The van der Waals surface area contributed by atoms with Gasteiger partial charge in [-0.2, -0.15) is 0 Å². The van der Waals surface area contributed by atoms with E-state index in [1.54, 1.807) is 0 Å². The fourth-order valence-electron chi connectivity index (χ4n) is 3.61. The molecule has 1 saturated carbocycles. The van der Waals surface area contributed by atoms with E-state index in [2.05, 4.69) is 6.07 Å². The Hall–Kier alpha value is -2.68. The Morgan fingerprint density at radius 1 is 1.08 bits per heavy atom. The molecule has 3 nitrogen and oxygen atoms in total. The number of para-hydroxylation sites is 1. The van der Waals surface area contributed by atoms with Gasteiger partial charge in [0.2, 0.25) is 0 Å². The van der Waals surface area contributed by atoms with Crippen molar-refractivity contribution in [2.75, 3.05) is 0 Å². The molecule has 120 valence electrons. The molecule has 0 saturated heterocycles. The summed E-state index contributed by atoms with van der Waals surface area (Å²) >= 11 is 0. The highest BCUT2D eigenvalue weighted by atomic mass is 16.4. The van der Waals surface area contributed by atoms with Crippen LogP contribution in [0.5, 0.6) is 0 Å². The molecule has 1 heterocycles. The molecule has 1 aliphatic rings. The first-order valence-electron chi connectivity index (χ1n) is 8.38. The highest BCUT2D eigenvalue weighted by molar-refractivity contribution is 6.06. The Kier molecular flexibility index (Phi) is 3.57. The lowest BCUT2D eigenvalue weighted by molar-refractivity contribution is 0.0698. The van der Waals surface area contributed by atoms with E-state index in [0.29, 0.717) is 11.5 Å². The highest BCUT2D eigenvalue weighted by Crippen LogP contribution is 2.41. The van der Waals surface area contributed by atoms with Crippen LogP contribution in [0.25, 0.3) is 22.2 Å². The lowest BCUT2D eigenvalue weighted by Gasteiger charge is -2.27. The maximum atomic E-state index is 12.0. The summed E-state index contributed by atoms with van der Waals surface area (Å²) in [6.07, 6.45) is 3.57. The number of hydrogen-bond acceptors (Lipinski definition) is 2. The Bertz CT molecular complexity index is 927. The molecule has 3 heteroatoms. The van der Waals surface area contributed by atoms with E-state index < -0.39 is 5.97 Å². The number of pyridine rings is 1. The largest absolute Gasteiger partial charge is 0.478 e. The number of aromatic nitrogens is 1. The molecule has 4 rings (SSSR count). The summed E-state index contributed by atoms with van der Waals surface area (Å²) < 4.78 is 0. The van der Waals surface area contributed by atoms with Gasteiger partial charge in [-0.15, -0.1) is 0 Å². The van der Waals surface area contributed by atoms with Gasteiger partial charge in [0.1, 0.15) is 0 Å². The minimum Gasteiger partial charge on any atom is -0.478 e. The molecule has 0 amide bonds. The predicted molar refractivity (Wildman–Crippen MR) is 95.5 cm³/mol. The second-order valence-electron chi connectivity index (χ2n) is 6.50. The maximum Gasteiger partial charge on any atom is 0.336 e. The number of carboxylic acids is 1. The summed E-state index contributed by atoms with van der Waals surface area (Å²) in [5, 5.41) is 10.6. The van der Waals surface area contributed by atoms with Gasteiger partial charge in [0.15, 0.2) is 0 Å². The van der Waals surface area contributed by atoms with Gasteiger partial charge < -0.3 is 5.11 Å². The molecule has 0 unspecified atom stereocenters. The van der Waals surface area contributed by atoms with Crippen LogP contribution in [0.2, 0.25) is 0 Å². The van der Waals surface area contributed by atoms with Gasteiger partial charge in [0.05, 0.1) is 16.8 Å².